The average molecular weight is 332 g/mol. The van der Waals surface area contributed by atoms with E-state index < -0.39 is 35.5 Å². The Morgan fingerprint density at radius 3 is 2.83 bits per heavy atom. The lowest BCUT2D eigenvalue weighted by molar-refractivity contribution is -0.132. The minimum Gasteiger partial charge on any atom is -0.363 e. The van der Waals surface area contributed by atoms with Crippen molar-refractivity contribution in [3.63, 3.8) is 0 Å². The molecule has 5 nitrogen and oxygen atoms in total. The first-order chi connectivity index (χ1) is 11.0. The summed E-state index contributed by atoms with van der Waals surface area (Å²) in [7, 11) is 0. The van der Waals surface area contributed by atoms with Crippen LogP contribution < -0.4 is 10.6 Å². The van der Waals surface area contributed by atoms with Crippen LogP contribution in [0.15, 0.2) is 6.20 Å². The molecule has 0 aromatic carbocycles. The molecule has 1 aromatic heterocycles. The molecule has 126 valence electrons. The molecule has 9 heteroatoms. The van der Waals surface area contributed by atoms with Crippen molar-refractivity contribution in [1.29, 1.82) is 0 Å². The number of pyridine rings is 1. The van der Waals surface area contributed by atoms with Crippen LogP contribution in [0, 0.1) is 17.5 Å². The van der Waals surface area contributed by atoms with Gasteiger partial charge in [-0.2, -0.15) is 4.39 Å². The first-order valence-corrected chi connectivity index (χ1v) is 7.38. The van der Waals surface area contributed by atoms with Crippen LogP contribution in [0.3, 0.4) is 0 Å². The highest BCUT2D eigenvalue weighted by Gasteiger charge is 2.35. The summed E-state index contributed by atoms with van der Waals surface area (Å²) < 4.78 is 52.8. The molecule has 3 rings (SSSR count). The fourth-order valence-electron chi connectivity index (χ4n) is 2.91. The second-order valence-corrected chi connectivity index (χ2v) is 5.79. The molecule has 0 spiro atoms. The van der Waals surface area contributed by atoms with Gasteiger partial charge >= 0.3 is 0 Å². The van der Waals surface area contributed by atoms with Crippen molar-refractivity contribution in [2.75, 3.05) is 25.0 Å². The van der Waals surface area contributed by atoms with E-state index in [0.717, 1.165) is 0 Å². The van der Waals surface area contributed by atoms with Crippen LogP contribution in [-0.2, 0) is 4.79 Å². The zero-order chi connectivity index (χ0) is 16.6. The molecule has 3 heterocycles. The topological polar surface area (TPSA) is 57.3 Å². The number of rotatable bonds is 3. The van der Waals surface area contributed by atoms with Crippen LogP contribution in [-0.4, -0.2) is 53.7 Å². The molecule has 2 saturated heterocycles. The summed E-state index contributed by atoms with van der Waals surface area (Å²) in [6.07, 6.45) is 0.267. The van der Waals surface area contributed by atoms with Crippen molar-refractivity contribution in [3.05, 3.63) is 23.6 Å². The molecule has 0 aliphatic carbocycles. The van der Waals surface area contributed by atoms with Gasteiger partial charge in [-0.05, 0) is 12.8 Å². The Hall–Kier alpha value is -1.90. The van der Waals surface area contributed by atoms with E-state index in [-0.39, 0.29) is 18.5 Å². The average Bonchev–Trinajstić information content (AvgIpc) is 3.16. The van der Waals surface area contributed by atoms with Gasteiger partial charge in [0.15, 0.2) is 17.5 Å². The van der Waals surface area contributed by atoms with E-state index in [1.165, 1.54) is 4.90 Å². The maximum absolute atomic E-state index is 13.6. The number of alkyl halides is 1. The van der Waals surface area contributed by atoms with E-state index in [2.05, 4.69) is 15.6 Å². The lowest BCUT2D eigenvalue weighted by atomic mass is 10.1. The van der Waals surface area contributed by atoms with E-state index in [1.807, 2.05) is 0 Å². The Morgan fingerprint density at radius 2 is 2.13 bits per heavy atom. The molecule has 1 unspecified atom stereocenters. The van der Waals surface area contributed by atoms with Crippen LogP contribution in [0.4, 0.5) is 23.4 Å². The SMILES string of the molecule is O=C([C@@H]1C[C@H](Nc2ncc(F)c(F)c2F)CN1)N1CCC(F)C1. The van der Waals surface area contributed by atoms with Crippen molar-refractivity contribution < 1.29 is 22.4 Å². The Bertz CT molecular complexity index is 615. The second kappa shape index (κ2) is 6.31. The minimum atomic E-state index is -1.59. The summed E-state index contributed by atoms with van der Waals surface area (Å²) in [5, 5.41) is 5.63. The molecule has 2 aliphatic heterocycles. The molecule has 2 N–H and O–H groups in total. The smallest absolute Gasteiger partial charge is 0.239 e. The number of likely N-dealkylation sites (tertiary alicyclic amines) is 1. The predicted molar refractivity (Wildman–Crippen MR) is 74.0 cm³/mol. The number of nitrogens with one attached hydrogen (secondary N) is 2. The van der Waals surface area contributed by atoms with Gasteiger partial charge in [-0.15, -0.1) is 0 Å². The lowest BCUT2D eigenvalue weighted by Gasteiger charge is -2.20. The summed E-state index contributed by atoms with van der Waals surface area (Å²) in [4.78, 5) is 17.2. The molecular formula is C14H16F4N4O. The van der Waals surface area contributed by atoms with Gasteiger partial charge in [0.2, 0.25) is 11.7 Å². The van der Waals surface area contributed by atoms with Gasteiger partial charge in [0, 0.05) is 19.1 Å². The first-order valence-electron chi connectivity index (χ1n) is 7.38. The minimum absolute atomic E-state index is 0.0917. The van der Waals surface area contributed by atoms with Gasteiger partial charge in [-0.3, -0.25) is 4.79 Å². The molecule has 2 fully saturated rings. The third-order valence-electron chi connectivity index (χ3n) is 4.13. The maximum Gasteiger partial charge on any atom is 0.239 e. The summed E-state index contributed by atoms with van der Waals surface area (Å²) >= 11 is 0. The monoisotopic (exact) mass is 332 g/mol. The van der Waals surface area contributed by atoms with Gasteiger partial charge in [0.05, 0.1) is 18.8 Å². The molecule has 1 amide bonds. The third kappa shape index (κ3) is 3.24. The quantitative estimate of drug-likeness (QED) is 0.817. The molecule has 0 radical (unpaired) electrons. The van der Waals surface area contributed by atoms with Gasteiger partial charge < -0.3 is 15.5 Å². The molecule has 0 saturated carbocycles. The zero-order valence-electron chi connectivity index (χ0n) is 12.2. The molecular weight excluding hydrogens is 316 g/mol. The highest BCUT2D eigenvalue weighted by molar-refractivity contribution is 5.82. The van der Waals surface area contributed by atoms with Crippen molar-refractivity contribution in [3.8, 4) is 0 Å². The van der Waals surface area contributed by atoms with Crippen molar-refractivity contribution >= 4 is 11.7 Å². The van der Waals surface area contributed by atoms with Gasteiger partial charge in [-0.25, -0.2) is 18.2 Å². The standard InChI is InChI=1S/C14H16F4N4O/c15-7-1-2-22(6-7)14(23)10-3-8(4-19-10)21-13-12(18)11(17)9(16)5-20-13/h5,7-8,10,19H,1-4,6H2,(H,20,21)/t7?,8-,10-/m0/s1. The molecule has 0 bridgehead atoms. The van der Waals surface area contributed by atoms with Gasteiger partial charge in [0.1, 0.15) is 6.17 Å². The number of hydrogen-bond acceptors (Lipinski definition) is 4. The van der Waals surface area contributed by atoms with Crippen LogP contribution in [0.5, 0.6) is 0 Å². The number of aromatic nitrogens is 1. The van der Waals surface area contributed by atoms with Gasteiger partial charge in [-0.1, -0.05) is 0 Å². The fraction of sp³-hybridized carbons (Fsp3) is 0.571. The third-order valence-corrected chi connectivity index (χ3v) is 4.13. The Labute approximate surface area is 130 Å². The van der Waals surface area contributed by atoms with E-state index in [1.54, 1.807) is 0 Å². The van der Waals surface area contributed by atoms with Crippen molar-refractivity contribution in [2.24, 2.45) is 0 Å². The number of amides is 1. The van der Waals surface area contributed by atoms with Gasteiger partial charge in [0.25, 0.3) is 0 Å². The highest BCUT2D eigenvalue weighted by Crippen LogP contribution is 2.21. The number of anilines is 1. The molecule has 2 aliphatic rings. The first kappa shape index (κ1) is 16.0. The van der Waals surface area contributed by atoms with E-state index >= 15 is 0 Å². The molecule has 1 aromatic rings. The predicted octanol–water partition coefficient (Wildman–Crippen LogP) is 1.21. The largest absolute Gasteiger partial charge is 0.363 e. The Kier molecular flexibility index (Phi) is 4.38. The van der Waals surface area contributed by atoms with E-state index in [0.29, 0.717) is 32.1 Å². The Balaban J connectivity index is 1.60. The normalized spacial score (nSPS) is 27.5. The van der Waals surface area contributed by atoms with E-state index in [4.69, 9.17) is 0 Å². The number of carbonyl (C=O) groups excluding carboxylic acids is 1. The number of hydrogen-bond donors (Lipinski definition) is 2. The highest BCUT2D eigenvalue weighted by atomic mass is 19.2. The number of halogens is 4. The molecule has 3 atom stereocenters. The zero-order valence-corrected chi connectivity index (χ0v) is 12.2. The van der Waals surface area contributed by atoms with Crippen molar-refractivity contribution in [2.45, 2.75) is 31.1 Å². The lowest BCUT2D eigenvalue weighted by Crippen LogP contribution is -2.42. The fourth-order valence-corrected chi connectivity index (χ4v) is 2.91. The van der Waals surface area contributed by atoms with Crippen LogP contribution in [0.25, 0.3) is 0 Å². The second-order valence-electron chi connectivity index (χ2n) is 5.79. The Morgan fingerprint density at radius 1 is 1.35 bits per heavy atom. The van der Waals surface area contributed by atoms with Crippen LogP contribution >= 0.6 is 0 Å². The summed E-state index contributed by atoms with van der Waals surface area (Å²) in [6, 6.07) is -0.870. The summed E-state index contributed by atoms with van der Waals surface area (Å²) in [5.74, 6) is -4.94. The van der Waals surface area contributed by atoms with Crippen LogP contribution in [0.2, 0.25) is 0 Å². The number of nitrogens with zero attached hydrogens (tertiary/aromatic N) is 2. The van der Waals surface area contributed by atoms with E-state index in [9.17, 15) is 22.4 Å². The summed E-state index contributed by atoms with van der Waals surface area (Å²) in [6.45, 7) is 0.813. The summed E-state index contributed by atoms with van der Waals surface area (Å²) in [5.41, 5.74) is 0. The number of carbonyl (C=O) groups is 1. The molecule has 23 heavy (non-hydrogen) atoms. The van der Waals surface area contributed by atoms with Crippen LogP contribution in [0.1, 0.15) is 12.8 Å². The van der Waals surface area contributed by atoms with Crippen molar-refractivity contribution in [1.82, 2.24) is 15.2 Å². The maximum atomic E-state index is 13.6.